The molecule has 2 aromatic rings. The Morgan fingerprint density at radius 1 is 1.29 bits per heavy atom. The number of benzene rings is 1. The predicted molar refractivity (Wildman–Crippen MR) is 89.5 cm³/mol. The molecule has 1 heterocycles. The van der Waals surface area contributed by atoms with Crippen molar-refractivity contribution >= 4 is 11.0 Å². The number of rotatable bonds is 6. The van der Waals surface area contributed by atoms with E-state index in [2.05, 4.69) is 74.9 Å². The summed E-state index contributed by atoms with van der Waals surface area (Å²) in [6.07, 6.45) is 0. The molecule has 0 aliphatic rings. The summed E-state index contributed by atoms with van der Waals surface area (Å²) in [4.78, 5) is 7.00. The maximum absolute atomic E-state index is 4.76. The lowest BCUT2D eigenvalue weighted by atomic mass is 9.92. The van der Waals surface area contributed by atoms with Gasteiger partial charge in [0.25, 0.3) is 0 Å². The fraction of sp³-hybridized carbons (Fsp3) is 0.588. The van der Waals surface area contributed by atoms with Crippen LogP contribution < -0.4 is 5.32 Å². The molecule has 1 unspecified atom stereocenters. The van der Waals surface area contributed by atoms with E-state index in [0.717, 1.165) is 24.4 Å². The second-order valence-corrected chi connectivity index (χ2v) is 7.02. The Hall–Kier alpha value is -1.39. The van der Waals surface area contributed by atoms with E-state index in [1.165, 1.54) is 5.52 Å². The van der Waals surface area contributed by atoms with Crippen molar-refractivity contribution in [3.05, 3.63) is 30.1 Å². The maximum Gasteiger partial charge on any atom is 0.126 e. The van der Waals surface area contributed by atoms with Gasteiger partial charge < -0.3 is 14.8 Å². The highest BCUT2D eigenvalue weighted by atomic mass is 15.1. The van der Waals surface area contributed by atoms with E-state index in [9.17, 15) is 0 Å². The lowest BCUT2D eigenvalue weighted by Gasteiger charge is -2.30. The van der Waals surface area contributed by atoms with Gasteiger partial charge in [0.15, 0.2) is 0 Å². The molecular weight excluding hydrogens is 260 g/mol. The van der Waals surface area contributed by atoms with Crippen LogP contribution in [0.5, 0.6) is 0 Å². The van der Waals surface area contributed by atoms with Crippen molar-refractivity contribution in [1.82, 2.24) is 19.8 Å². The van der Waals surface area contributed by atoms with Gasteiger partial charge in [0, 0.05) is 20.1 Å². The van der Waals surface area contributed by atoms with E-state index in [0.29, 0.717) is 0 Å². The lowest BCUT2D eigenvalue weighted by molar-refractivity contribution is 0.225. The number of aromatic nitrogens is 2. The highest BCUT2D eigenvalue weighted by Gasteiger charge is 2.21. The zero-order chi connectivity index (χ0) is 15.6. The standard InChI is InChI=1S/C17H28N4/c1-13(18-11-17(2,3)12-20(4)5)16-19-14-9-7-8-10-15(14)21(16)6/h7-10,13,18H,11-12H2,1-6H3. The second kappa shape index (κ2) is 6.16. The molecule has 4 heteroatoms. The fourth-order valence-electron chi connectivity index (χ4n) is 2.98. The van der Waals surface area contributed by atoms with Crippen LogP contribution in [-0.2, 0) is 7.05 Å². The second-order valence-electron chi connectivity index (χ2n) is 7.02. The van der Waals surface area contributed by atoms with Crippen molar-refractivity contribution in [3.63, 3.8) is 0 Å². The lowest BCUT2D eigenvalue weighted by Crippen LogP contribution is -2.38. The highest BCUT2D eigenvalue weighted by molar-refractivity contribution is 5.75. The summed E-state index contributed by atoms with van der Waals surface area (Å²) in [5.41, 5.74) is 2.49. The van der Waals surface area contributed by atoms with Gasteiger partial charge in [-0.25, -0.2) is 4.98 Å². The third kappa shape index (κ3) is 3.83. The Balaban J connectivity index is 2.09. The molecule has 0 aliphatic heterocycles. The van der Waals surface area contributed by atoms with Crippen molar-refractivity contribution in [2.75, 3.05) is 27.2 Å². The first kappa shape index (κ1) is 16.0. The molecule has 4 nitrogen and oxygen atoms in total. The van der Waals surface area contributed by atoms with Crippen molar-refractivity contribution in [1.29, 1.82) is 0 Å². The Kier molecular flexibility index (Phi) is 4.69. The van der Waals surface area contributed by atoms with Crippen LogP contribution in [0.25, 0.3) is 11.0 Å². The summed E-state index contributed by atoms with van der Waals surface area (Å²) in [5, 5.41) is 3.64. The molecule has 1 N–H and O–H groups in total. The normalized spacial score (nSPS) is 14.0. The molecule has 0 spiro atoms. The first-order valence-corrected chi connectivity index (χ1v) is 7.60. The van der Waals surface area contributed by atoms with Crippen LogP contribution >= 0.6 is 0 Å². The van der Waals surface area contributed by atoms with Crippen molar-refractivity contribution in [2.24, 2.45) is 12.5 Å². The number of nitrogens with one attached hydrogen (secondary N) is 1. The van der Waals surface area contributed by atoms with Crippen LogP contribution in [0, 0.1) is 5.41 Å². The molecule has 0 bridgehead atoms. The van der Waals surface area contributed by atoms with Gasteiger partial charge in [-0.1, -0.05) is 26.0 Å². The number of imidazole rings is 1. The molecule has 1 aromatic heterocycles. The summed E-state index contributed by atoms with van der Waals surface area (Å²) in [6.45, 7) is 8.81. The summed E-state index contributed by atoms with van der Waals surface area (Å²) >= 11 is 0. The summed E-state index contributed by atoms with van der Waals surface area (Å²) in [5.74, 6) is 1.09. The molecule has 0 amide bonds. The average molecular weight is 288 g/mol. The minimum atomic E-state index is 0.238. The van der Waals surface area contributed by atoms with Crippen LogP contribution in [0.2, 0.25) is 0 Å². The Morgan fingerprint density at radius 2 is 1.95 bits per heavy atom. The molecule has 0 radical (unpaired) electrons. The Morgan fingerprint density at radius 3 is 2.57 bits per heavy atom. The molecule has 0 saturated heterocycles. The molecule has 0 fully saturated rings. The zero-order valence-corrected chi connectivity index (χ0v) is 14.1. The number of aryl methyl sites for hydroxylation is 1. The number of para-hydroxylation sites is 2. The molecule has 21 heavy (non-hydrogen) atoms. The number of nitrogens with zero attached hydrogens (tertiary/aromatic N) is 3. The summed E-state index contributed by atoms with van der Waals surface area (Å²) < 4.78 is 2.19. The van der Waals surface area contributed by atoms with Crippen molar-refractivity contribution in [3.8, 4) is 0 Å². The van der Waals surface area contributed by atoms with E-state index in [1.807, 2.05) is 6.07 Å². The number of hydrogen-bond acceptors (Lipinski definition) is 3. The number of hydrogen-bond donors (Lipinski definition) is 1. The number of fused-ring (bicyclic) bond motifs is 1. The van der Waals surface area contributed by atoms with Crippen LogP contribution in [0.3, 0.4) is 0 Å². The Bertz CT molecular complexity index is 598. The highest BCUT2D eigenvalue weighted by Crippen LogP contribution is 2.21. The van der Waals surface area contributed by atoms with E-state index < -0.39 is 0 Å². The van der Waals surface area contributed by atoms with E-state index in [-0.39, 0.29) is 11.5 Å². The van der Waals surface area contributed by atoms with Crippen LogP contribution in [0.4, 0.5) is 0 Å². The minimum absolute atomic E-state index is 0.238. The first-order valence-electron chi connectivity index (χ1n) is 7.60. The Labute approximate surface area is 128 Å². The maximum atomic E-state index is 4.76. The monoisotopic (exact) mass is 288 g/mol. The third-order valence-corrected chi connectivity index (χ3v) is 3.84. The van der Waals surface area contributed by atoms with E-state index >= 15 is 0 Å². The van der Waals surface area contributed by atoms with Gasteiger partial charge >= 0.3 is 0 Å². The topological polar surface area (TPSA) is 33.1 Å². The van der Waals surface area contributed by atoms with Gasteiger partial charge in [-0.05, 0) is 38.6 Å². The molecule has 1 atom stereocenters. The van der Waals surface area contributed by atoms with Gasteiger partial charge in [0.05, 0.1) is 17.1 Å². The largest absolute Gasteiger partial charge is 0.330 e. The molecule has 2 rings (SSSR count). The molecule has 1 aromatic carbocycles. The molecular formula is C17H28N4. The van der Waals surface area contributed by atoms with Gasteiger partial charge in [0.1, 0.15) is 5.82 Å². The zero-order valence-electron chi connectivity index (χ0n) is 14.1. The molecule has 116 valence electrons. The van der Waals surface area contributed by atoms with E-state index in [1.54, 1.807) is 0 Å². The SMILES string of the molecule is CC(NCC(C)(C)CN(C)C)c1nc2ccccc2n1C. The third-order valence-electron chi connectivity index (χ3n) is 3.84. The van der Waals surface area contributed by atoms with Gasteiger partial charge in [-0.2, -0.15) is 0 Å². The quantitative estimate of drug-likeness (QED) is 0.887. The fourth-order valence-corrected chi connectivity index (χ4v) is 2.98. The van der Waals surface area contributed by atoms with Gasteiger partial charge in [0.2, 0.25) is 0 Å². The van der Waals surface area contributed by atoms with Gasteiger partial charge in [-0.15, -0.1) is 0 Å². The van der Waals surface area contributed by atoms with Crippen molar-refractivity contribution < 1.29 is 0 Å². The predicted octanol–water partition coefficient (Wildman–Crippen LogP) is 2.81. The van der Waals surface area contributed by atoms with E-state index in [4.69, 9.17) is 4.98 Å². The van der Waals surface area contributed by atoms with Gasteiger partial charge in [-0.3, -0.25) is 0 Å². The molecule has 0 saturated carbocycles. The minimum Gasteiger partial charge on any atom is -0.330 e. The average Bonchev–Trinajstić information content (AvgIpc) is 2.73. The molecule has 0 aliphatic carbocycles. The smallest absolute Gasteiger partial charge is 0.126 e. The summed E-state index contributed by atoms with van der Waals surface area (Å²) in [6, 6.07) is 8.53. The van der Waals surface area contributed by atoms with Crippen molar-refractivity contribution in [2.45, 2.75) is 26.8 Å². The van der Waals surface area contributed by atoms with Crippen LogP contribution in [0.1, 0.15) is 32.6 Å². The van der Waals surface area contributed by atoms with Crippen LogP contribution in [-0.4, -0.2) is 41.6 Å². The summed E-state index contributed by atoms with van der Waals surface area (Å²) in [7, 11) is 6.33. The first-order chi connectivity index (χ1) is 9.80. The van der Waals surface area contributed by atoms with Crippen LogP contribution in [0.15, 0.2) is 24.3 Å².